The molecule has 0 radical (unpaired) electrons. The van der Waals surface area contributed by atoms with Gasteiger partial charge in [0.2, 0.25) is 0 Å². The number of rotatable bonds is 4. The van der Waals surface area contributed by atoms with E-state index in [2.05, 4.69) is 234 Å². The Hall–Kier alpha value is -6.75. The van der Waals surface area contributed by atoms with Gasteiger partial charge in [-0.2, -0.15) is 5.26 Å². The molecule has 0 N–H and O–H groups in total. The van der Waals surface area contributed by atoms with Crippen LogP contribution in [0, 0.1) is 58.2 Å². The molecule has 0 atom stereocenters. The molecule has 0 saturated heterocycles. The summed E-state index contributed by atoms with van der Waals surface area (Å²) in [6, 6.07) is 49.0. The van der Waals surface area contributed by atoms with Crippen LogP contribution in [0.1, 0.15) is 261 Å². The van der Waals surface area contributed by atoms with E-state index in [4.69, 9.17) is 17.6 Å². The summed E-state index contributed by atoms with van der Waals surface area (Å²) in [6.07, 6.45) is 15.3. The summed E-state index contributed by atoms with van der Waals surface area (Å²) in [6.45, 7) is 48.9. The molecule has 5 fully saturated rings. The van der Waals surface area contributed by atoms with Crippen LogP contribution in [0.3, 0.4) is 0 Å². The van der Waals surface area contributed by atoms with Crippen LogP contribution in [0.15, 0.2) is 200 Å². The monoisotopic (exact) mass is 1260 g/mol. The van der Waals surface area contributed by atoms with E-state index in [9.17, 15) is 0 Å². The normalized spacial score (nSPS) is 20.0. The first-order chi connectivity index (χ1) is 47.6. The van der Waals surface area contributed by atoms with E-state index in [0.717, 1.165) is 34.7 Å². The average molecular weight is 1260 g/mol. The van der Waals surface area contributed by atoms with Crippen LogP contribution in [0.4, 0.5) is 0 Å². The lowest BCUT2D eigenvalue weighted by atomic mass is 9.43. The Labute approximate surface area is 587 Å². The zero-order chi connectivity index (χ0) is 76.9. The smallest absolute Gasteiger partial charge is 0.0991 e. The summed E-state index contributed by atoms with van der Waals surface area (Å²) in [5, 5.41) is 8.58. The fourth-order valence-electron chi connectivity index (χ4n) is 15.5. The zero-order valence-corrected chi connectivity index (χ0v) is 62.2. The Morgan fingerprint density at radius 3 is 1.13 bits per heavy atom. The molecule has 13 rings (SSSR count). The fraction of sp³-hybridized carbons (Fsp3) is 0.473. The molecule has 0 unspecified atom stereocenters. The Balaban J connectivity index is 0.000000183. The van der Waals surface area contributed by atoms with Gasteiger partial charge in [-0.25, -0.2) is 0 Å². The second-order valence-electron chi connectivity index (χ2n) is 35.0. The topological polar surface area (TPSA) is 23.8 Å². The highest BCUT2D eigenvalue weighted by Gasteiger charge is 2.55. The lowest BCUT2D eigenvalue weighted by molar-refractivity contribution is -0.113. The molecule has 5 aliphatic carbocycles. The lowest BCUT2D eigenvalue weighted by Crippen LogP contribution is -2.51. The van der Waals surface area contributed by atoms with E-state index >= 15 is 0 Å². The number of hydrogen-bond acceptors (Lipinski definition) is 1. The zero-order valence-electron chi connectivity index (χ0n) is 71.2. The molecule has 1 heteroatoms. The van der Waals surface area contributed by atoms with E-state index in [1.165, 1.54) is 70.2 Å². The molecule has 94 heavy (non-hydrogen) atoms. The predicted molar refractivity (Wildman–Crippen MR) is 412 cm³/mol. The Morgan fingerprint density at radius 2 is 0.777 bits per heavy atom. The van der Waals surface area contributed by atoms with Crippen LogP contribution >= 0.6 is 0 Å². The molecule has 0 amide bonds. The van der Waals surface area contributed by atoms with Gasteiger partial charge in [-0.3, -0.25) is 0 Å². The van der Waals surface area contributed by atoms with Gasteiger partial charge in [-0.05, 0) is 210 Å². The van der Waals surface area contributed by atoms with E-state index in [-0.39, 0.29) is 74.6 Å². The van der Waals surface area contributed by atoms with Gasteiger partial charge in [0.15, 0.2) is 0 Å². The number of hydrogen-bond donors (Lipinski definition) is 0. The Kier molecular flexibility index (Phi) is 20.5. The first-order valence-electron chi connectivity index (χ1n) is 39.8. The largest absolute Gasteiger partial charge is 0.192 e. The summed E-state index contributed by atoms with van der Waals surface area (Å²) in [5.41, 5.74) is 15.6. The quantitative estimate of drug-likeness (QED) is 0.172. The third-order valence-electron chi connectivity index (χ3n) is 20.2. The molecular formula is C93H123N. The van der Waals surface area contributed by atoms with Gasteiger partial charge in [-0.1, -0.05) is 352 Å². The molecule has 0 aromatic heterocycles. The molecular weight excluding hydrogens is 1130 g/mol. The van der Waals surface area contributed by atoms with Crippen molar-refractivity contribution in [2.24, 2.45) is 39.9 Å². The van der Waals surface area contributed by atoms with E-state index in [0.29, 0.717) is 27.5 Å². The summed E-state index contributed by atoms with van der Waals surface area (Å²) in [5.74, 6) is 4.35. The van der Waals surface area contributed by atoms with Crippen LogP contribution < -0.4 is 0 Å². The minimum Gasteiger partial charge on any atom is -0.192 e. The first-order valence-corrected chi connectivity index (χ1v) is 35.3. The molecule has 8 aromatic rings. The SMILES string of the molecule is CC(C)(C)C12CC3CC(CC(C3)C1)C2.CC(C)(C)C1CCCC1.CC(C)(C)c1c(-c2ccccc2)cccc1-c1ccccc1.CC(C)(C)c1ccc(C#N)cc1.CC(C)(C)c1ccccc1C(C)(C)C.[2H]c1c([2H])c([2H])c(-c2cccc(-c3c([2H])c([2H])c([2H])c(C)c3[2H])c2C(C)(C)C)c([2H])c1[2H]. The van der Waals surface area contributed by atoms with Crippen LogP contribution in [0.5, 0.6) is 0 Å². The van der Waals surface area contributed by atoms with Crippen LogP contribution in [0.25, 0.3) is 44.5 Å². The lowest BCUT2D eigenvalue weighted by Gasteiger charge is -2.62. The second kappa shape index (κ2) is 31.0. The van der Waals surface area contributed by atoms with Gasteiger partial charge in [0, 0.05) is 0 Å². The van der Waals surface area contributed by atoms with Crippen molar-refractivity contribution in [3.63, 3.8) is 0 Å². The van der Waals surface area contributed by atoms with Crippen molar-refractivity contribution in [3.8, 4) is 50.6 Å². The van der Waals surface area contributed by atoms with E-state index in [1.54, 1.807) is 63.6 Å². The summed E-state index contributed by atoms with van der Waals surface area (Å²) < 4.78 is 74.1. The maximum absolute atomic E-state index is 8.59. The highest BCUT2D eigenvalue weighted by molar-refractivity contribution is 5.81. The summed E-state index contributed by atoms with van der Waals surface area (Å²) in [4.78, 5) is 0. The van der Waals surface area contributed by atoms with Gasteiger partial charge in [0.1, 0.15) is 0 Å². The minimum atomic E-state index is -0.594. The third kappa shape index (κ3) is 20.2. The molecule has 5 saturated carbocycles. The van der Waals surface area contributed by atoms with Crippen molar-refractivity contribution in [1.82, 2.24) is 0 Å². The molecule has 1 nitrogen and oxygen atoms in total. The minimum absolute atomic E-state index is 0.0280. The Morgan fingerprint density at radius 1 is 0.394 bits per heavy atom. The van der Waals surface area contributed by atoms with Crippen molar-refractivity contribution < 1.29 is 12.3 Å². The first kappa shape index (κ1) is 62.1. The van der Waals surface area contributed by atoms with E-state index < -0.39 is 23.5 Å². The fourth-order valence-corrected chi connectivity index (χ4v) is 15.5. The molecule has 500 valence electrons. The van der Waals surface area contributed by atoms with Gasteiger partial charge in [0.25, 0.3) is 0 Å². The average Bonchev–Trinajstić information content (AvgIpc) is 0.840. The number of benzene rings is 8. The van der Waals surface area contributed by atoms with Gasteiger partial charge < -0.3 is 0 Å². The second-order valence-corrected chi connectivity index (χ2v) is 35.0. The van der Waals surface area contributed by atoms with Crippen molar-refractivity contribution in [2.45, 2.75) is 244 Å². The highest BCUT2D eigenvalue weighted by Crippen LogP contribution is 2.66. The van der Waals surface area contributed by atoms with Crippen LogP contribution in [0.2, 0.25) is 0 Å². The molecule has 4 bridgehead atoms. The van der Waals surface area contributed by atoms with Crippen LogP contribution in [-0.2, 0) is 27.1 Å². The van der Waals surface area contributed by atoms with Crippen molar-refractivity contribution >= 4 is 0 Å². The number of nitrogens with zero attached hydrogens (tertiary/aromatic N) is 1. The standard InChI is InChI=1S/C23H24.C22H22.C14H24.C14H22.C11H13N.C9H18/c1-17-10-8-13-19(16-17)21-15-9-14-20(22(21)23(2,3)4)18-11-6-5-7-12-18;1-22(2,3)21-19(17-11-6-4-7-12-17)15-10-16-20(21)18-13-8-5-9-14-18;1-13(2,3)14-7-10-4-11(8-14)6-12(5-10)9-14;1-13(2,3)11-9-7-8-10-12(11)14(4,5)6;1-11(2,3)10-6-4-9(8-12)5-7-10;1-9(2,3)8-6-4-5-7-8/h5-16H,1-4H3;4-16H,1-3H3;10-12H,4-9H2,1-3H3;7-10H,1-6H3;4-7H,1-3H3;8H,4-7H2,1-3H3/i5D,6D,7D,8D,10D,11D,12D,13D,16D;;;;;. The Bertz CT molecular complexity index is 3940. The van der Waals surface area contributed by atoms with Gasteiger partial charge in [-0.15, -0.1) is 0 Å². The number of nitriles is 1. The van der Waals surface area contributed by atoms with Gasteiger partial charge >= 0.3 is 0 Å². The van der Waals surface area contributed by atoms with Crippen molar-refractivity contribution in [2.75, 3.05) is 0 Å². The molecule has 0 heterocycles. The molecule has 0 aliphatic heterocycles. The van der Waals surface area contributed by atoms with Crippen molar-refractivity contribution in [1.29, 1.82) is 5.26 Å². The maximum Gasteiger partial charge on any atom is 0.0991 e. The maximum atomic E-state index is 8.59. The van der Waals surface area contributed by atoms with Crippen molar-refractivity contribution in [3.05, 3.63) is 239 Å². The highest BCUT2D eigenvalue weighted by atomic mass is 14.6. The summed E-state index contributed by atoms with van der Waals surface area (Å²) >= 11 is 0. The van der Waals surface area contributed by atoms with Gasteiger partial charge in [0.05, 0.1) is 24.0 Å². The third-order valence-corrected chi connectivity index (χ3v) is 20.2. The molecule has 8 aromatic carbocycles. The van der Waals surface area contributed by atoms with Crippen LogP contribution in [-0.4, -0.2) is 0 Å². The molecule has 0 spiro atoms. The molecule has 5 aliphatic rings. The van der Waals surface area contributed by atoms with E-state index in [1.807, 2.05) is 45.0 Å². The summed E-state index contributed by atoms with van der Waals surface area (Å²) in [7, 11) is 0. The predicted octanol–water partition coefficient (Wildman–Crippen LogP) is 27.6.